The number of carbonyl (C=O) groups is 1. The predicted octanol–water partition coefficient (Wildman–Crippen LogP) is 2.31. The summed E-state index contributed by atoms with van der Waals surface area (Å²) in [4.78, 5) is 15.9. The molecule has 1 atom stereocenters. The number of aliphatic hydroxyl groups is 1. The van der Waals surface area contributed by atoms with E-state index in [1.165, 1.54) is 0 Å². The van der Waals surface area contributed by atoms with Crippen molar-refractivity contribution in [3.05, 3.63) is 23.7 Å². The van der Waals surface area contributed by atoms with Gasteiger partial charge in [0.15, 0.2) is 5.96 Å². The zero-order chi connectivity index (χ0) is 18.2. The standard InChI is InChI=1S/C17H29N3O4.HI/c1-6-18-16(19-10-9-15(21)23-12(2)3)20-11-17(5,22)14-8-7-13(4)24-14;/h7-8,12,22H,6,9-11H2,1-5H3,(H2,18,19,20);1H. The quantitative estimate of drug-likeness (QED) is 0.235. The number of hydrogen-bond acceptors (Lipinski definition) is 5. The molecule has 144 valence electrons. The summed E-state index contributed by atoms with van der Waals surface area (Å²) in [5.74, 6) is 1.48. The molecule has 8 heteroatoms. The summed E-state index contributed by atoms with van der Waals surface area (Å²) in [5.41, 5.74) is -1.20. The van der Waals surface area contributed by atoms with Gasteiger partial charge in [-0.05, 0) is 46.8 Å². The van der Waals surface area contributed by atoms with Gasteiger partial charge in [0.2, 0.25) is 0 Å². The Morgan fingerprint density at radius 1 is 1.40 bits per heavy atom. The Hall–Kier alpha value is -1.29. The molecule has 1 rings (SSSR count). The maximum Gasteiger partial charge on any atom is 0.307 e. The van der Waals surface area contributed by atoms with Gasteiger partial charge in [-0.15, -0.1) is 24.0 Å². The molecule has 0 saturated carbocycles. The first-order chi connectivity index (χ1) is 11.2. The number of guanidine groups is 1. The average molecular weight is 467 g/mol. The highest BCUT2D eigenvalue weighted by Crippen LogP contribution is 2.22. The first-order valence-corrected chi connectivity index (χ1v) is 8.25. The molecule has 0 bridgehead atoms. The molecule has 1 unspecified atom stereocenters. The largest absolute Gasteiger partial charge is 0.463 e. The van der Waals surface area contributed by atoms with Crippen molar-refractivity contribution < 1.29 is 19.1 Å². The van der Waals surface area contributed by atoms with Crippen LogP contribution in [0.2, 0.25) is 0 Å². The summed E-state index contributed by atoms with van der Waals surface area (Å²) in [5, 5.41) is 16.6. The molecule has 0 aromatic carbocycles. The van der Waals surface area contributed by atoms with Gasteiger partial charge in [0, 0.05) is 13.1 Å². The SMILES string of the molecule is CCNC(=NCC(C)(O)c1ccc(C)o1)NCCC(=O)OC(C)C.I. The van der Waals surface area contributed by atoms with Gasteiger partial charge in [0.25, 0.3) is 0 Å². The number of aliphatic imine (C=N–C) groups is 1. The van der Waals surface area contributed by atoms with E-state index in [2.05, 4.69) is 15.6 Å². The fourth-order valence-electron chi connectivity index (χ4n) is 1.98. The minimum Gasteiger partial charge on any atom is -0.463 e. The van der Waals surface area contributed by atoms with Crippen LogP contribution in [-0.2, 0) is 15.1 Å². The summed E-state index contributed by atoms with van der Waals surface area (Å²) in [7, 11) is 0. The van der Waals surface area contributed by atoms with Crippen LogP contribution < -0.4 is 10.6 Å². The number of nitrogens with one attached hydrogen (secondary N) is 2. The third kappa shape index (κ3) is 9.10. The van der Waals surface area contributed by atoms with Crippen LogP contribution >= 0.6 is 24.0 Å². The second-order valence-electron chi connectivity index (χ2n) is 6.09. The fourth-order valence-corrected chi connectivity index (χ4v) is 1.98. The number of ether oxygens (including phenoxy) is 1. The third-order valence-electron chi connectivity index (χ3n) is 3.15. The highest BCUT2D eigenvalue weighted by Gasteiger charge is 2.26. The maximum absolute atomic E-state index is 11.5. The van der Waals surface area contributed by atoms with Crippen LogP contribution in [0.5, 0.6) is 0 Å². The number of halogens is 1. The van der Waals surface area contributed by atoms with Gasteiger partial charge in [0.05, 0.1) is 19.1 Å². The zero-order valence-electron chi connectivity index (χ0n) is 15.6. The lowest BCUT2D eigenvalue weighted by Gasteiger charge is -2.19. The van der Waals surface area contributed by atoms with E-state index in [9.17, 15) is 9.90 Å². The minimum absolute atomic E-state index is 0. The van der Waals surface area contributed by atoms with Gasteiger partial charge in [-0.25, -0.2) is 4.99 Å². The van der Waals surface area contributed by atoms with E-state index in [1.807, 2.05) is 27.7 Å². The molecule has 1 aromatic rings. The summed E-state index contributed by atoms with van der Waals surface area (Å²) in [6.07, 6.45) is 0.127. The molecule has 0 aliphatic heterocycles. The van der Waals surface area contributed by atoms with Crippen LogP contribution in [0.25, 0.3) is 0 Å². The fraction of sp³-hybridized carbons (Fsp3) is 0.647. The lowest BCUT2D eigenvalue weighted by molar-refractivity contribution is -0.147. The smallest absolute Gasteiger partial charge is 0.307 e. The zero-order valence-corrected chi connectivity index (χ0v) is 17.9. The Kier molecular flexibility index (Phi) is 10.8. The second-order valence-corrected chi connectivity index (χ2v) is 6.09. The monoisotopic (exact) mass is 467 g/mol. The molecule has 0 aliphatic carbocycles. The number of esters is 1. The van der Waals surface area contributed by atoms with Crippen molar-refractivity contribution in [1.82, 2.24) is 10.6 Å². The van der Waals surface area contributed by atoms with E-state index < -0.39 is 5.60 Å². The van der Waals surface area contributed by atoms with Crippen molar-refractivity contribution in [3.63, 3.8) is 0 Å². The first kappa shape index (κ1) is 23.7. The number of furan rings is 1. The van der Waals surface area contributed by atoms with Gasteiger partial charge < -0.3 is 24.9 Å². The lowest BCUT2D eigenvalue weighted by Crippen LogP contribution is -2.39. The second kappa shape index (κ2) is 11.3. The summed E-state index contributed by atoms with van der Waals surface area (Å²) in [6.45, 7) is 10.3. The van der Waals surface area contributed by atoms with Crippen molar-refractivity contribution in [2.75, 3.05) is 19.6 Å². The van der Waals surface area contributed by atoms with E-state index in [4.69, 9.17) is 9.15 Å². The van der Waals surface area contributed by atoms with Crippen molar-refractivity contribution in [3.8, 4) is 0 Å². The van der Waals surface area contributed by atoms with Gasteiger partial charge in [0.1, 0.15) is 17.1 Å². The molecule has 1 aromatic heterocycles. The summed E-state index contributed by atoms with van der Waals surface area (Å²) >= 11 is 0. The normalized spacial score (nSPS) is 13.8. The Morgan fingerprint density at radius 3 is 2.60 bits per heavy atom. The molecule has 0 radical (unpaired) electrons. The van der Waals surface area contributed by atoms with Gasteiger partial charge in [-0.1, -0.05) is 0 Å². The lowest BCUT2D eigenvalue weighted by atomic mass is 10.0. The van der Waals surface area contributed by atoms with Crippen molar-refractivity contribution in [2.45, 2.75) is 52.7 Å². The maximum atomic E-state index is 11.5. The molecule has 0 spiro atoms. The van der Waals surface area contributed by atoms with Gasteiger partial charge in [-0.2, -0.15) is 0 Å². The Bertz CT molecular complexity index is 556. The molecule has 0 aliphatic rings. The molecular weight excluding hydrogens is 437 g/mol. The van der Waals surface area contributed by atoms with Crippen molar-refractivity contribution in [1.29, 1.82) is 0 Å². The average Bonchev–Trinajstić information content (AvgIpc) is 2.91. The number of rotatable bonds is 8. The molecule has 1 heterocycles. The van der Waals surface area contributed by atoms with E-state index in [0.717, 1.165) is 5.76 Å². The minimum atomic E-state index is -1.20. The number of aryl methyl sites for hydroxylation is 1. The third-order valence-corrected chi connectivity index (χ3v) is 3.15. The van der Waals surface area contributed by atoms with Gasteiger partial charge in [-0.3, -0.25) is 4.79 Å². The molecule has 7 nitrogen and oxygen atoms in total. The van der Waals surface area contributed by atoms with Gasteiger partial charge >= 0.3 is 5.97 Å². The molecule has 0 fully saturated rings. The molecule has 0 amide bonds. The topological polar surface area (TPSA) is 96.1 Å². The predicted molar refractivity (Wildman–Crippen MR) is 108 cm³/mol. The Balaban J connectivity index is 0.00000576. The van der Waals surface area contributed by atoms with Crippen molar-refractivity contribution >= 4 is 35.9 Å². The summed E-state index contributed by atoms with van der Waals surface area (Å²) < 4.78 is 10.5. The molecule has 0 saturated heterocycles. The van der Waals surface area contributed by atoms with Crippen molar-refractivity contribution in [2.24, 2.45) is 4.99 Å². The number of carbonyl (C=O) groups excluding carboxylic acids is 1. The molecule has 3 N–H and O–H groups in total. The highest BCUT2D eigenvalue weighted by molar-refractivity contribution is 14.0. The summed E-state index contributed by atoms with van der Waals surface area (Å²) in [6, 6.07) is 3.55. The van der Waals surface area contributed by atoms with Crippen LogP contribution in [0, 0.1) is 6.92 Å². The highest BCUT2D eigenvalue weighted by atomic mass is 127. The number of nitrogens with zero attached hydrogens (tertiary/aromatic N) is 1. The van der Waals surface area contributed by atoms with Crippen LogP contribution in [0.4, 0.5) is 0 Å². The van der Waals surface area contributed by atoms with E-state index in [1.54, 1.807) is 19.1 Å². The van der Waals surface area contributed by atoms with E-state index in [0.29, 0.717) is 24.8 Å². The van der Waals surface area contributed by atoms with Crippen LogP contribution in [0.1, 0.15) is 45.6 Å². The van der Waals surface area contributed by atoms with E-state index >= 15 is 0 Å². The van der Waals surface area contributed by atoms with Crippen LogP contribution in [0.15, 0.2) is 21.5 Å². The molecular formula is C17H30IN3O4. The first-order valence-electron chi connectivity index (χ1n) is 8.25. The van der Waals surface area contributed by atoms with E-state index in [-0.39, 0.29) is 49.0 Å². The Labute approximate surface area is 166 Å². The van der Waals surface area contributed by atoms with Crippen LogP contribution in [0.3, 0.4) is 0 Å². The Morgan fingerprint density at radius 2 is 2.08 bits per heavy atom. The molecule has 25 heavy (non-hydrogen) atoms. The van der Waals surface area contributed by atoms with Crippen LogP contribution in [-0.4, -0.2) is 42.8 Å². The number of hydrogen-bond donors (Lipinski definition) is 3.